The van der Waals surface area contributed by atoms with Crippen molar-refractivity contribution in [1.29, 1.82) is 0 Å². The zero-order valence-electron chi connectivity index (χ0n) is 21.3. The number of likely N-dealkylation sites (tertiary alicyclic amines) is 1. The first-order valence-corrected chi connectivity index (χ1v) is 12.3. The van der Waals surface area contributed by atoms with Gasteiger partial charge in [0.25, 0.3) is 0 Å². The van der Waals surface area contributed by atoms with Crippen LogP contribution in [-0.4, -0.2) is 59.2 Å². The molecule has 9 nitrogen and oxygen atoms in total. The number of aromatic nitrogens is 2. The minimum Gasteiger partial charge on any atom is -0.457 e. The van der Waals surface area contributed by atoms with E-state index in [1.54, 1.807) is 4.90 Å². The molecule has 2 aromatic carbocycles. The fourth-order valence-electron chi connectivity index (χ4n) is 4.09. The third-order valence-corrected chi connectivity index (χ3v) is 6.14. The van der Waals surface area contributed by atoms with Crippen LogP contribution in [0.2, 0.25) is 5.15 Å². The first-order chi connectivity index (χ1) is 17.7. The Morgan fingerprint density at radius 3 is 2.41 bits per heavy atom. The summed E-state index contributed by atoms with van der Waals surface area (Å²) in [6, 6.07) is 16.7. The smallest absolute Gasteiger partial charge is 0.410 e. The summed E-state index contributed by atoms with van der Waals surface area (Å²) in [5.74, 6) is 1.78. The number of carbonyl (C=O) groups excluding carboxylic acids is 2. The van der Waals surface area contributed by atoms with Gasteiger partial charge in [-0.2, -0.15) is 0 Å². The van der Waals surface area contributed by atoms with Crippen LogP contribution in [0.5, 0.6) is 11.5 Å². The number of rotatable bonds is 7. The molecule has 0 aliphatic carbocycles. The molecule has 0 spiro atoms. The second-order valence-electron chi connectivity index (χ2n) is 9.69. The van der Waals surface area contributed by atoms with Crippen LogP contribution in [0.15, 0.2) is 60.9 Å². The maximum Gasteiger partial charge on any atom is 0.410 e. The number of nitrogens with zero attached hydrogens (tertiary/aromatic N) is 5. The molecule has 0 saturated carbocycles. The largest absolute Gasteiger partial charge is 0.457 e. The van der Waals surface area contributed by atoms with Gasteiger partial charge < -0.3 is 19.3 Å². The second-order valence-corrected chi connectivity index (χ2v) is 10.0. The third-order valence-electron chi connectivity index (χ3n) is 5.86. The van der Waals surface area contributed by atoms with Crippen LogP contribution in [0.4, 0.5) is 22.0 Å². The van der Waals surface area contributed by atoms with E-state index in [1.807, 2.05) is 87.3 Å². The molecule has 0 radical (unpaired) electrons. The quantitative estimate of drug-likeness (QED) is 0.291. The predicted molar refractivity (Wildman–Crippen MR) is 143 cm³/mol. The monoisotopic (exact) mass is 523 g/mol. The summed E-state index contributed by atoms with van der Waals surface area (Å²) in [6.07, 6.45) is 2.21. The molecule has 1 aromatic heterocycles. The normalized spacial score (nSPS) is 15.3. The Hall–Kier alpha value is -3.85. The lowest BCUT2D eigenvalue weighted by Gasteiger charge is -2.30. The summed E-state index contributed by atoms with van der Waals surface area (Å²) in [5.41, 5.74) is 0.673. The number of amides is 2. The van der Waals surface area contributed by atoms with E-state index in [1.165, 1.54) is 11.2 Å². The molecule has 1 aliphatic heterocycles. The highest BCUT2D eigenvalue weighted by molar-refractivity contribution is 6.32. The summed E-state index contributed by atoms with van der Waals surface area (Å²) in [6.45, 7) is 6.26. The van der Waals surface area contributed by atoms with Crippen molar-refractivity contribution in [3.63, 3.8) is 0 Å². The molecule has 1 fully saturated rings. The van der Waals surface area contributed by atoms with Crippen molar-refractivity contribution in [2.24, 2.45) is 0 Å². The standard InChI is InChI=1S/C27H30ClN5O4/c1-27(2,3)37-26(35)32-15-14-20(16-32)33(18-34)25-23(24(28)29-17-30-25)31(4)19-10-12-22(13-11-19)36-21-8-6-5-7-9-21/h5-13,17-18,20H,14-16H2,1-4H3. The molecule has 3 aromatic rings. The molecule has 0 bridgehead atoms. The second kappa shape index (κ2) is 11.0. The lowest BCUT2D eigenvalue weighted by Crippen LogP contribution is -2.40. The van der Waals surface area contributed by atoms with Crippen LogP contribution in [0, 0.1) is 0 Å². The van der Waals surface area contributed by atoms with E-state index in [-0.39, 0.29) is 11.2 Å². The van der Waals surface area contributed by atoms with Gasteiger partial charge >= 0.3 is 6.09 Å². The first-order valence-electron chi connectivity index (χ1n) is 11.9. The van der Waals surface area contributed by atoms with Gasteiger partial charge in [0.1, 0.15) is 29.1 Å². The van der Waals surface area contributed by atoms with Gasteiger partial charge in [-0.05, 0) is 63.6 Å². The van der Waals surface area contributed by atoms with E-state index < -0.39 is 11.7 Å². The molecular weight excluding hydrogens is 494 g/mol. The number of para-hydroxylation sites is 1. The number of benzene rings is 2. The lowest BCUT2D eigenvalue weighted by atomic mass is 10.2. The van der Waals surface area contributed by atoms with Crippen LogP contribution in [0.1, 0.15) is 27.2 Å². The molecule has 0 N–H and O–H groups in total. The van der Waals surface area contributed by atoms with Crippen molar-refractivity contribution in [3.8, 4) is 11.5 Å². The number of hydrogen-bond acceptors (Lipinski definition) is 7. The highest BCUT2D eigenvalue weighted by atomic mass is 35.5. The van der Waals surface area contributed by atoms with Crippen molar-refractivity contribution >= 4 is 41.3 Å². The summed E-state index contributed by atoms with van der Waals surface area (Å²) < 4.78 is 11.4. The van der Waals surface area contributed by atoms with E-state index in [0.29, 0.717) is 36.8 Å². The Morgan fingerprint density at radius 2 is 1.76 bits per heavy atom. The van der Waals surface area contributed by atoms with Crippen LogP contribution in [0.25, 0.3) is 0 Å². The zero-order chi connectivity index (χ0) is 26.6. The summed E-state index contributed by atoms with van der Waals surface area (Å²) >= 11 is 6.53. The van der Waals surface area contributed by atoms with Crippen LogP contribution < -0.4 is 14.5 Å². The third kappa shape index (κ3) is 6.29. The molecule has 194 valence electrons. The Kier molecular flexibility index (Phi) is 7.83. The molecule has 1 saturated heterocycles. The number of carbonyl (C=O) groups is 2. The Morgan fingerprint density at radius 1 is 1.08 bits per heavy atom. The molecule has 1 aliphatic rings. The molecule has 2 amide bonds. The zero-order valence-corrected chi connectivity index (χ0v) is 22.1. The van der Waals surface area contributed by atoms with Gasteiger partial charge in [-0.1, -0.05) is 29.8 Å². The van der Waals surface area contributed by atoms with Gasteiger partial charge in [0.15, 0.2) is 11.0 Å². The maximum atomic E-state index is 12.5. The summed E-state index contributed by atoms with van der Waals surface area (Å²) in [7, 11) is 1.83. The van der Waals surface area contributed by atoms with Crippen LogP contribution >= 0.6 is 11.6 Å². The summed E-state index contributed by atoms with van der Waals surface area (Å²) in [4.78, 5) is 38.3. The molecule has 37 heavy (non-hydrogen) atoms. The predicted octanol–water partition coefficient (Wildman–Crippen LogP) is 5.66. The number of ether oxygens (including phenoxy) is 2. The van der Waals surface area contributed by atoms with Crippen molar-refractivity contribution < 1.29 is 19.1 Å². The van der Waals surface area contributed by atoms with E-state index in [2.05, 4.69) is 9.97 Å². The molecule has 10 heteroatoms. The molecular formula is C27H30ClN5O4. The number of halogens is 1. The lowest BCUT2D eigenvalue weighted by molar-refractivity contribution is -0.107. The van der Waals surface area contributed by atoms with E-state index >= 15 is 0 Å². The molecule has 2 heterocycles. The van der Waals surface area contributed by atoms with Crippen molar-refractivity contribution in [1.82, 2.24) is 14.9 Å². The van der Waals surface area contributed by atoms with Crippen molar-refractivity contribution in [3.05, 3.63) is 66.1 Å². The topological polar surface area (TPSA) is 88.1 Å². The number of anilines is 3. The van der Waals surface area contributed by atoms with Crippen molar-refractivity contribution in [2.75, 3.05) is 29.9 Å². The highest BCUT2D eigenvalue weighted by Crippen LogP contribution is 2.38. The Bertz CT molecular complexity index is 1230. The van der Waals surface area contributed by atoms with Gasteiger partial charge in [0.05, 0.1) is 6.04 Å². The van der Waals surface area contributed by atoms with Gasteiger partial charge in [-0.15, -0.1) is 0 Å². The molecule has 1 unspecified atom stereocenters. The van der Waals surface area contributed by atoms with Gasteiger partial charge in [0.2, 0.25) is 6.41 Å². The maximum absolute atomic E-state index is 12.5. The van der Waals surface area contributed by atoms with E-state index in [0.717, 1.165) is 17.8 Å². The van der Waals surface area contributed by atoms with E-state index in [9.17, 15) is 9.59 Å². The Balaban J connectivity index is 1.55. The minimum absolute atomic E-state index is 0.200. The molecule has 1 atom stereocenters. The fraction of sp³-hybridized carbons (Fsp3) is 0.333. The average Bonchev–Trinajstić information content (AvgIpc) is 3.35. The Labute approximate surface area is 221 Å². The average molecular weight is 524 g/mol. The van der Waals surface area contributed by atoms with Crippen molar-refractivity contribution in [2.45, 2.75) is 38.8 Å². The minimum atomic E-state index is -0.600. The number of hydrogen-bond donors (Lipinski definition) is 0. The van der Waals surface area contributed by atoms with Gasteiger partial charge in [-0.3, -0.25) is 9.69 Å². The summed E-state index contributed by atoms with van der Waals surface area (Å²) in [5, 5.41) is 0.200. The van der Waals surface area contributed by atoms with Crippen LogP contribution in [-0.2, 0) is 9.53 Å². The fourth-order valence-corrected chi connectivity index (χ4v) is 4.34. The van der Waals surface area contributed by atoms with Gasteiger partial charge in [0, 0.05) is 25.8 Å². The molecule has 4 rings (SSSR count). The SMILES string of the molecule is CN(c1ccc(Oc2ccccc2)cc1)c1c(Cl)ncnc1N(C=O)C1CCN(C(=O)OC(C)(C)C)C1. The van der Waals surface area contributed by atoms with Gasteiger partial charge in [-0.25, -0.2) is 14.8 Å². The highest BCUT2D eigenvalue weighted by Gasteiger charge is 2.35. The first kappa shape index (κ1) is 26.2. The van der Waals surface area contributed by atoms with Crippen LogP contribution in [0.3, 0.4) is 0 Å². The van der Waals surface area contributed by atoms with E-state index in [4.69, 9.17) is 21.1 Å².